The number of imidazole rings is 1. The molecule has 0 spiro atoms. The fourth-order valence-electron chi connectivity index (χ4n) is 2.39. The molecule has 0 fully saturated rings. The van der Waals surface area contributed by atoms with Gasteiger partial charge in [0.2, 0.25) is 0 Å². The molecule has 2 aromatic rings. The van der Waals surface area contributed by atoms with Gasteiger partial charge in [-0.2, -0.15) is 0 Å². The second kappa shape index (κ2) is 5.09. The van der Waals surface area contributed by atoms with Crippen molar-refractivity contribution in [2.24, 2.45) is 0 Å². The lowest BCUT2D eigenvalue weighted by Crippen LogP contribution is -2.05. The van der Waals surface area contributed by atoms with Crippen LogP contribution in [0.2, 0.25) is 0 Å². The molecule has 0 atom stereocenters. The number of nitrogens with zero attached hydrogens (tertiary/aromatic N) is 1. The standard InChI is InChI=1S/C15H18N2O3/c1-7-8(2)11(5-12(9(7)3)15(19)20)14-13(6-18)16-10(4)17-14/h5,18H,6H2,1-4H3,(H,16,17)(H,19,20). The van der Waals surface area contributed by atoms with Crippen molar-refractivity contribution in [1.29, 1.82) is 0 Å². The maximum atomic E-state index is 11.4. The summed E-state index contributed by atoms with van der Waals surface area (Å²) in [7, 11) is 0. The van der Waals surface area contributed by atoms with Crippen LogP contribution in [-0.2, 0) is 6.61 Å². The van der Waals surface area contributed by atoms with Crippen LogP contribution in [0.5, 0.6) is 0 Å². The number of hydrogen-bond donors (Lipinski definition) is 3. The zero-order valence-electron chi connectivity index (χ0n) is 12.0. The molecular formula is C15H18N2O3. The van der Waals surface area contributed by atoms with Gasteiger partial charge in [-0.1, -0.05) is 0 Å². The largest absolute Gasteiger partial charge is 0.478 e. The highest BCUT2D eigenvalue weighted by Crippen LogP contribution is 2.31. The molecule has 20 heavy (non-hydrogen) atoms. The van der Waals surface area contributed by atoms with E-state index in [-0.39, 0.29) is 12.2 Å². The van der Waals surface area contributed by atoms with Gasteiger partial charge < -0.3 is 15.2 Å². The van der Waals surface area contributed by atoms with Crippen molar-refractivity contribution in [2.45, 2.75) is 34.3 Å². The molecule has 0 amide bonds. The van der Waals surface area contributed by atoms with Gasteiger partial charge in [0.25, 0.3) is 0 Å². The fourth-order valence-corrected chi connectivity index (χ4v) is 2.39. The van der Waals surface area contributed by atoms with Gasteiger partial charge in [-0.05, 0) is 50.5 Å². The molecule has 0 saturated heterocycles. The third kappa shape index (κ3) is 2.20. The SMILES string of the molecule is Cc1nc(-c2cc(C(=O)O)c(C)c(C)c2C)c(CO)[nH]1. The molecule has 0 bridgehead atoms. The summed E-state index contributed by atoms with van der Waals surface area (Å²) in [6, 6.07) is 1.63. The minimum absolute atomic E-state index is 0.162. The predicted octanol–water partition coefficient (Wildman–Crippen LogP) is 2.50. The van der Waals surface area contributed by atoms with E-state index in [2.05, 4.69) is 9.97 Å². The molecule has 1 aromatic carbocycles. The van der Waals surface area contributed by atoms with E-state index in [1.54, 1.807) is 19.9 Å². The van der Waals surface area contributed by atoms with Gasteiger partial charge in [-0.3, -0.25) is 0 Å². The van der Waals surface area contributed by atoms with Crippen LogP contribution < -0.4 is 0 Å². The number of aromatic nitrogens is 2. The van der Waals surface area contributed by atoms with Crippen molar-refractivity contribution in [3.63, 3.8) is 0 Å². The maximum Gasteiger partial charge on any atom is 0.335 e. The number of aryl methyl sites for hydroxylation is 1. The van der Waals surface area contributed by atoms with Crippen LogP contribution in [0.25, 0.3) is 11.3 Å². The zero-order chi connectivity index (χ0) is 15.0. The van der Waals surface area contributed by atoms with E-state index in [1.165, 1.54) is 0 Å². The monoisotopic (exact) mass is 274 g/mol. The second-order valence-corrected chi connectivity index (χ2v) is 4.96. The Balaban J connectivity index is 2.77. The normalized spacial score (nSPS) is 10.8. The highest BCUT2D eigenvalue weighted by atomic mass is 16.4. The van der Waals surface area contributed by atoms with E-state index in [0.29, 0.717) is 17.2 Å². The van der Waals surface area contributed by atoms with E-state index in [4.69, 9.17) is 0 Å². The highest BCUT2D eigenvalue weighted by Gasteiger charge is 2.19. The summed E-state index contributed by atoms with van der Waals surface area (Å²) in [4.78, 5) is 18.7. The molecule has 0 saturated carbocycles. The van der Waals surface area contributed by atoms with Crippen LogP contribution in [0.3, 0.4) is 0 Å². The molecule has 0 aliphatic heterocycles. The summed E-state index contributed by atoms with van der Waals surface area (Å²) in [5.74, 6) is -0.261. The first-order chi connectivity index (χ1) is 9.36. The predicted molar refractivity (Wildman–Crippen MR) is 75.9 cm³/mol. The molecule has 1 aromatic heterocycles. The number of benzene rings is 1. The molecule has 2 rings (SSSR count). The number of H-pyrrole nitrogens is 1. The quantitative estimate of drug-likeness (QED) is 0.802. The number of carboxylic acids is 1. The van der Waals surface area contributed by atoms with E-state index in [0.717, 1.165) is 22.3 Å². The molecule has 0 radical (unpaired) electrons. The Morgan fingerprint density at radius 2 is 1.85 bits per heavy atom. The topological polar surface area (TPSA) is 86.2 Å². The lowest BCUT2D eigenvalue weighted by Gasteiger charge is -2.13. The van der Waals surface area contributed by atoms with Crippen molar-refractivity contribution >= 4 is 5.97 Å². The molecule has 106 valence electrons. The fraction of sp³-hybridized carbons (Fsp3) is 0.333. The summed E-state index contributed by atoms with van der Waals surface area (Å²) in [5.41, 5.74) is 4.92. The summed E-state index contributed by atoms with van der Waals surface area (Å²) in [6.07, 6.45) is 0. The molecule has 5 nitrogen and oxygen atoms in total. The van der Waals surface area contributed by atoms with Gasteiger partial charge in [0, 0.05) is 5.56 Å². The van der Waals surface area contributed by atoms with Gasteiger partial charge in [-0.25, -0.2) is 9.78 Å². The van der Waals surface area contributed by atoms with E-state index in [1.807, 2.05) is 13.8 Å². The summed E-state index contributed by atoms with van der Waals surface area (Å²) in [6.45, 7) is 7.29. The van der Waals surface area contributed by atoms with Crippen molar-refractivity contribution in [3.05, 3.63) is 39.8 Å². The van der Waals surface area contributed by atoms with Crippen molar-refractivity contribution < 1.29 is 15.0 Å². The minimum Gasteiger partial charge on any atom is -0.478 e. The Hall–Kier alpha value is -2.14. The lowest BCUT2D eigenvalue weighted by molar-refractivity contribution is 0.0696. The van der Waals surface area contributed by atoms with E-state index in [9.17, 15) is 15.0 Å². The Morgan fingerprint density at radius 1 is 1.20 bits per heavy atom. The molecule has 3 N–H and O–H groups in total. The Labute approximate surface area is 117 Å². The van der Waals surface area contributed by atoms with Crippen LogP contribution in [-0.4, -0.2) is 26.2 Å². The Morgan fingerprint density at radius 3 is 2.40 bits per heavy atom. The van der Waals surface area contributed by atoms with Gasteiger partial charge in [-0.15, -0.1) is 0 Å². The van der Waals surface area contributed by atoms with E-state index >= 15 is 0 Å². The molecule has 0 unspecified atom stereocenters. The highest BCUT2D eigenvalue weighted by molar-refractivity contribution is 5.92. The number of aliphatic hydroxyl groups is 1. The van der Waals surface area contributed by atoms with Crippen molar-refractivity contribution in [2.75, 3.05) is 0 Å². The zero-order valence-corrected chi connectivity index (χ0v) is 12.0. The molecule has 1 heterocycles. The lowest BCUT2D eigenvalue weighted by atomic mass is 9.92. The van der Waals surface area contributed by atoms with Gasteiger partial charge in [0.1, 0.15) is 5.82 Å². The number of aliphatic hydroxyl groups excluding tert-OH is 1. The first kappa shape index (κ1) is 14.3. The molecule has 0 aliphatic rings. The summed E-state index contributed by atoms with van der Waals surface area (Å²) >= 11 is 0. The maximum absolute atomic E-state index is 11.4. The number of rotatable bonds is 3. The Kier molecular flexibility index (Phi) is 3.63. The third-order valence-electron chi connectivity index (χ3n) is 3.76. The van der Waals surface area contributed by atoms with Crippen molar-refractivity contribution in [3.8, 4) is 11.3 Å². The van der Waals surface area contributed by atoms with Crippen LogP contribution in [0, 0.1) is 27.7 Å². The van der Waals surface area contributed by atoms with Crippen LogP contribution >= 0.6 is 0 Å². The first-order valence-electron chi connectivity index (χ1n) is 6.37. The first-order valence-corrected chi connectivity index (χ1v) is 6.37. The number of hydrogen-bond acceptors (Lipinski definition) is 3. The number of carboxylic acid groups (broad SMARTS) is 1. The van der Waals surface area contributed by atoms with E-state index < -0.39 is 5.97 Å². The molecule has 5 heteroatoms. The average molecular weight is 274 g/mol. The van der Waals surface area contributed by atoms with Gasteiger partial charge in [0.05, 0.1) is 23.6 Å². The van der Waals surface area contributed by atoms with Gasteiger partial charge >= 0.3 is 5.97 Å². The summed E-state index contributed by atoms with van der Waals surface area (Å²) < 4.78 is 0. The van der Waals surface area contributed by atoms with Crippen LogP contribution in [0.4, 0.5) is 0 Å². The average Bonchev–Trinajstić information content (AvgIpc) is 2.77. The third-order valence-corrected chi connectivity index (χ3v) is 3.76. The van der Waals surface area contributed by atoms with Gasteiger partial charge in [0.15, 0.2) is 0 Å². The minimum atomic E-state index is -0.954. The number of aromatic amines is 1. The number of carbonyl (C=O) groups is 1. The summed E-state index contributed by atoms with van der Waals surface area (Å²) in [5, 5.41) is 18.7. The second-order valence-electron chi connectivity index (χ2n) is 4.96. The van der Waals surface area contributed by atoms with Crippen molar-refractivity contribution in [1.82, 2.24) is 9.97 Å². The Bertz CT molecular complexity index is 687. The smallest absolute Gasteiger partial charge is 0.335 e. The number of aromatic carboxylic acids is 1. The van der Waals surface area contributed by atoms with Crippen LogP contribution in [0.15, 0.2) is 6.07 Å². The van der Waals surface area contributed by atoms with Crippen LogP contribution in [0.1, 0.15) is 38.6 Å². The molecule has 0 aliphatic carbocycles. The number of nitrogens with one attached hydrogen (secondary N) is 1. The molecular weight excluding hydrogens is 256 g/mol.